The van der Waals surface area contributed by atoms with Crippen molar-refractivity contribution in [2.45, 2.75) is 46.3 Å². The Morgan fingerprint density at radius 1 is 1.46 bits per heavy atom. The van der Waals surface area contributed by atoms with Gasteiger partial charge >= 0.3 is 0 Å². The summed E-state index contributed by atoms with van der Waals surface area (Å²) in [7, 11) is 1.74. The Kier molecular flexibility index (Phi) is 7.05. The number of likely N-dealkylation sites (tertiary alicyclic amines) is 1. The quantitative estimate of drug-likeness (QED) is 0.618. The molecule has 5 N–H and O–H groups in total. The standard InChI is InChI=1S/C18H32N6O2/c1-11(2)9-21-15-6-7-24(10-16(15)25-5)17(20)14(8-12(3)19)18-22-13(4)23-26-18/h8,11,15-16,21H,6-7,9-10,19-20H2,1-5H3/b12-8-,17-14-/t15-,16+/m1/s1. The normalized spacial score (nSPS) is 22.7. The van der Waals surface area contributed by atoms with Gasteiger partial charge in [-0.15, -0.1) is 0 Å². The zero-order valence-corrected chi connectivity index (χ0v) is 16.5. The number of hydrogen-bond acceptors (Lipinski definition) is 8. The second-order valence-electron chi connectivity index (χ2n) is 7.25. The molecule has 1 aromatic rings. The number of piperidine rings is 1. The summed E-state index contributed by atoms with van der Waals surface area (Å²) in [5.41, 5.74) is 13.6. The molecule has 0 spiro atoms. The number of ether oxygens (including phenoxy) is 1. The minimum atomic E-state index is 0.0506. The Bertz CT molecular complexity index is 648. The van der Waals surface area contributed by atoms with Gasteiger partial charge in [0.15, 0.2) is 5.82 Å². The van der Waals surface area contributed by atoms with Crippen molar-refractivity contribution < 1.29 is 9.26 Å². The molecule has 8 nitrogen and oxygen atoms in total. The summed E-state index contributed by atoms with van der Waals surface area (Å²) in [6.45, 7) is 10.4. The van der Waals surface area contributed by atoms with Gasteiger partial charge in [-0.3, -0.25) is 0 Å². The van der Waals surface area contributed by atoms with Gasteiger partial charge in [-0.1, -0.05) is 19.0 Å². The number of aromatic nitrogens is 2. The van der Waals surface area contributed by atoms with Gasteiger partial charge in [0.25, 0.3) is 5.89 Å². The minimum Gasteiger partial charge on any atom is -0.402 e. The highest BCUT2D eigenvalue weighted by atomic mass is 16.5. The first-order valence-corrected chi connectivity index (χ1v) is 9.07. The van der Waals surface area contributed by atoms with E-state index in [4.69, 9.17) is 20.7 Å². The maximum absolute atomic E-state index is 6.47. The summed E-state index contributed by atoms with van der Waals surface area (Å²) < 4.78 is 11.0. The average Bonchev–Trinajstić information content (AvgIpc) is 3.03. The third-order valence-electron chi connectivity index (χ3n) is 4.40. The Balaban J connectivity index is 2.21. The first-order chi connectivity index (χ1) is 12.3. The van der Waals surface area contributed by atoms with Crippen LogP contribution in [-0.2, 0) is 4.74 Å². The lowest BCUT2D eigenvalue weighted by atomic mass is 10.00. The molecule has 1 fully saturated rings. The average molecular weight is 364 g/mol. The number of nitrogens with zero attached hydrogens (tertiary/aromatic N) is 3. The first kappa shape index (κ1) is 20.3. The topological polar surface area (TPSA) is 115 Å². The van der Waals surface area contributed by atoms with E-state index in [-0.39, 0.29) is 6.10 Å². The number of rotatable bonds is 7. The highest BCUT2D eigenvalue weighted by molar-refractivity contribution is 5.71. The van der Waals surface area contributed by atoms with Crippen molar-refractivity contribution in [2.24, 2.45) is 17.4 Å². The van der Waals surface area contributed by atoms with Gasteiger partial charge in [0.2, 0.25) is 0 Å². The van der Waals surface area contributed by atoms with E-state index >= 15 is 0 Å². The van der Waals surface area contributed by atoms with Crippen molar-refractivity contribution >= 4 is 5.57 Å². The van der Waals surface area contributed by atoms with Crippen LogP contribution in [0, 0.1) is 12.8 Å². The summed E-state index contributed by atoms with van der Waals surface area (Å²) in [6.07, 6.45) is 2.76. The summed E-state index contributed by atoms with van der Waals surface area (Å²) in [4.78, 5) is 6.39. The molecule has 0 saturated carbocycles. The van der Waals surface area contributed by atoms with E-state index < -0.39 is 0 Å². The lowest BCUT2D eigenvalue weighted by Crippen LogP contribution is -2.54. The minimum absolute atomic E-state index is 0.0506. The second-order valence-corrected chi connectivity index (χ2v) is 7.25. The zero-order valence-electron chi connectivity index (χ0n) is 16.5. The van der Waals surface area contributed by atoms with Crippen molar-refractivity contribution in [3.63, 3.8) is 0 Å². The molecule has 0 bridgehead atoms. The monoisotopic (exact) mass is 364 g/mol. The molecule has 0 aliphatic carbocycles. The Morgan fingerprint density at radius 3 is 2.73 bits per heavy atom. The summed E-state index contributed by atoms with van der Waals surface area (Å²) in [5.74, 6) is 2.10. The fraction of sp³-hybridized carbons (Fsp3) is 0.667. The predicted octanol–water partition coefficient (Wildman–Crippen LogP) is 1.20. The summed E-state index contributed by atoms with van der Waals surface area (Å²) in [6, 6.07) is 0.312. The van der Waals surface area contributed by atoms with Gasteiger partial charge in [-0.2, -0.15) is 4.98 Å². The highest BCUT2D eigenvalue weighted by Gasteiger charge is 2.30. The summed E-state index contributed by atoms with van der Waals surface area (Å²) >= 11 is 0. The maximum Gasteiger partial charge on any atom is 0.261 e. The van der Waals surface area contributed by atoms with Crippen LogP contribution in [0.3, 0.4) is 0 Å². The third kappa shape index (κ3) is 5.22. The van der Waals surface area contributed by atoms with Gasteiger partial charge in [0.05, 0.1) is 11.7 Å². The van der Waals surface area contributed by atoms with E-state index in [2.05, 4.69) is 34.2 Å². The maximum atomic E-state index is 6.47. The van der Waals surface area contributed by atoms with Crippen molar-refractivity contribution in [3.05, 3.63) is 29.3 Å². The molecular weight excluding hydrogens is 332 g/mol. The lowest BCUT2D eigenvalue weighted by Gasteiger charge is -2.40. The second kappa shape index (κ2) is 9.05. The molecule has 146 valence electrons. The van der Waals surface area contributed by atoms with Crippen LogP contribution in [0.15, 0.2) is 22.1 Å². The van der Waals surface area contributed by atoms with Crippen molar-refractivity contribution in [2.75, 3.05) is 26.7 Å². The predicted molar refractivity (Wildman–Crippen MR) is 102 cm³/mol. The molecule has 1 aliphatic rings. The fourth-order valence-corrected chi connectivity index (χ4v) is 3.04. The molecule has 0 amide bonds. The van der Waals surface area contributed by atoms with E-state index in [0.717, 1.165) is 19.5 Å². The Labute approximate surface area is 155 Å². The molecule has 2 atom stereocenters. The van der Waals surface area contributed by atoms with Crippen LogP contribution in [0.5, 0.6) is 0 Å². The van der Waals surface area contributed by atoms with Crippen LogP contribution in [0.1, 0.15) is 38.9 Å². The van der Waals surface area contributed by atoms with E-state index in [1.807, 2.05) is 0 Å². The van der Waals surface area contributed by atoms with Crippen LogP contribution < -0.4 is 16.8 Å². The molecule has 0 aromatic carbocycles. The molecule has 1 aromatic heterocycles. The smallest absolute Gasteiger partial charge is 0.261 e. The molecule has 1 aliphatic heterocycles. The first-order valence-electron chi connectivity index (χ1n) is 9.07. The highest BCUT2D eigenvalue weighted by Crippen LogP contribution is 2.23. The van der Waals surface area contributed by atoms with E-state index in [9.17, 15) is 0 Å². The molecule has 2 heterocycles. The Hall–Kier alpha value is -2.06. The van der Waals surface area contributed by atoms with Crippen LogP contribution in [-0.4, -0.2) is 53.9 Å². The molecule has 8 heteroatoms. The molecular formula is C18H32N6O2. The fourth-order valence-electron chi connectivity index (χ4n) is 3.04. The number of nitrogens with one attached hydrogen (secondary N) is 1. The molecule has 26 heavy (non-hydrogen) atoms. The number of allylic oxidation sites excluding steroid dienone is 3. The van der Waals surface area contributed by atoms with Gasteiger partial charge in [-0.25, -0.2) is 0 Å². The van der Waals surface area contributed by atoms with Crippen molar-refractivity contribution in [3.8, 4) is 0 Å². The van der Waals surface area contributed by atoms with Gasteiger partial charge in [0, 0.05) is 31.9 Å². The van der Waals surface area contributed by atoms with Crippen LogP contribution in [0.2, 0.25) is 0 Å². The zero-order chi connectivity index (χ0) is 19.3. The number of methoxy groups -OCH3 is 1. The Morgan fingerprint density at radius 2 is 2.19 bits per heavy atom. The van der Waals surface area contributed by atoms with Gasteiger partial charge < -0.3 is 30.9 Å². The van der Waals surface area contributed by atoms with E-state index in [1.54, 1.807) is 27.0 Å². The summed E-state index contributed by atoms with van der Waals surface area (Å²) in [5, 5.41) is 7.45. The largest absolute Gasteiger partial charge is 0.402 e. The number of aryl methyl sites for hydroxylation is 1. The SMILES string of the molecule is CO[C@H]1CN(/C(N)=C(/C=C(/C)N)c2nc(C)no2)CC[C@H]1NCC(C)C. The lowest BCUT2D eigenvalue weighted by molar-refractivity contribution is 0.0155. The van der Waals surface area contributed by atoms with Crippen LogP contribution in [0.4, 0.5) is 0 Å². The molecule has 1 saturated heterocycles. The number of hydrogen-bond donors (Lipinski definition) is 3. The van der Waals surface area contributed by atoms with Crippen LogP contribution >= 0.6 is 0 Å². The van der Waals surface area contributed by atoms with E-state index in [1.165, 1.54) is 0 Å². The van der Waals surface area contributed by atoms with Gasteiger partial charge in [0.1, 0.15) is 5.82 Å². The molecule has 0 radical (unpaired) electrons. The van der Waals surface area contributed by atoms with Crippen LogP contribution in [0.25, 0.3) is 5.57 Å². The van der Waals surface area contributed by atoms with Crippen molar-refractivity contribution in [1.29, 1.82) is 0 Å². The van der Waals surface area contributed by atoms with Crippen molar-refractivity contribution in [1.82, 2.24) is 20.4 Å². The van der Waals surface area contributed by atoms with Gasteiger partial charge in [-0.05, 0) is 38.8 Å². The molecule has 2 rings (SSSR count). The number of nitrogens with two attached hydrogens (primary N) is 2. The van der Waals surface area contributed by atoms with E-state index in [0.29, 0.717) is 47.3 Å². The third-order valence-corrected chi connectivity index (χ3v) is 4.40. The molecule has 0 unspecified atom stereocenters.